The highest BCUT2D eigenvalue weighted by Crippen LogP contribution is 2.23. The second-order valence-electron chi connectivity index (χ2n) is 4.89. The van der Waals surface area contributed by atoms with E-state index < -0.39 is 5.91 Å². The molecule has 0 saturated carbocycles. The molecule has 0 spiro atoms. The van der Waals surface area contributed by atoms with Crippen molar-refractivity contribution in [1.82, 2.24) is 5.43 Å². The van der Waals surface area contributed by atoms with E-state index in [0.717, 1.165) is 11.3 Å². The molecule has 0 radical (unpaired) electrons. The first-order chi connectivity index (χ1) is 9.52. The Labute approximate surface area is 118 Å². The van der Waals surface area contributed by atoms with Gasteiger partial charge in [-0.05, 0) is 31.5 Å². The van der Waals surface area contributed by atoms with E-state index in [2.05, 4.69) is 42.4 Å². The van der Waals surface area contributed by atoms with Crippen LogP contribution in [0, 0.1) is 13.8 Å². The topological polar surface area (TPSA) is 71.5 Å². The molecule has 0 bridgehead atoms. The van der Waals surface area contributed by atoms with Crippen molar-refractivity contribution in [3.8, 4) is 0 Å². The van der Waals surface area contributed by atoms with Crippen molar-refractivity contribution < 1.29 is 9.21 Å². The molecule has 0 unspecified atom stereocenters. The number of nitrogens with zero attached hydrogens (tertiary/aromatic N) is 1. The van der Waals surface area contributed by atoms with E-state index in [0.29, 0.717) is 6.54 Å². The Kier molecular flexibility index (Phi) is 4.10. The fraction of sp³-hybridized carbons (Fsp3) is 0.267. The number of carbonyl (C=O) groups is 1. The summed E-state index contributed by atoms with van der Waals surface area (Å²) in [5.74, 6) is 4.98. The number of furan rings is 1. The Balaban J connectivity index is 2.21. The number of nitrogen functional groups attached to an aromatic ring is 1. The van der Waals surface area contributed by atoms with Gasteiger partial charge in [-0.15, -0.1) is 0 Å². The van der Waals surface area contributed by atoms with Crippen LogP contribution < -0.4 is 16.2 Å². The maximum Gasteiger partial charge on any atom is 0.301 e. The summed E-state index contributed by atoms with van der Waals surface area (Å²) in [6.45, 7) is 4.71. The maximum atomic E-state index is 11.6. The smallest absolute Gasteiger partial charge is 0.301 e. The van der Waals surface area contributed by atoms with E-state index in [-0.39, 0.29) is 5.76 Å². The standard InChI is InChI=1S/C15H19N3O2/c1-10-4-5-13(11(2)8-10)18(3)9-12-6-7-20-14(12)15(19)17-16/h4-8H,9,16H2,1-3H3,(H,17,19). The van der Waals surface area contributed by atoms with E-state index >= 15 is 0 Å². The zero-order chi connectivity index (χ0) is 14.7. The third-order valence-electron chi connectivity index (χ3n) is 3.26. The van der Waals surface area contributed by atoms with Crippen molar-refractivity contribution in [3.63, 3.8) is 0 Å². The van der Waals surface area contributed by atoms with Gasteiger partial charge in [-0.2, -0.15) is 0 Å². The van der Waals surface area contributed by atoms with Crippen LogP contribution >= 0.6 is 0 Å². The van der Waals surface area contributed by atoms with Gasteiger partial charge in [-0.1, -0.05) is 17.7 Å². The Hall–Kier alpha value is -2.27. The van der Waals surface area contributed by atoms with Crippen molar-refractivity contribution in [1.29, 1.82) is 0 Å². The summed E-state index contributed by atoms with van der Waals surface area (Å²) in [6.07, 6.45) is 1.50. The lowest BCUT2D eigenvalue weighted by Crippen LogP contribution is -2.31. The summed E-state index contributed by atoms with van der Waals surface area (Å²) in [6, 6.07) is 8.06. The molecular formula is C15H19N3O2. The van der Waals surface area contributed by atoms with E-state index in [9.17, 15) is 4.79 Å². The summed E-state index contributed by atoms with van der Waals surface area (Å²) < 4.78 is 5.18. The number of hydrogen-bond donors (Lipinski definition) is 2. The highest BCUT2D eigenvalue weighted by Gasteiger charge is 2.16. The first-order valence-corrected chi connectivity index (χ1v) is 6.38. The second-order valence-corrected chi connectivity index (χ2v) is 4.89. The number of hydrogen-bond acceptors (Lipinski definition) is 4. The molecule has 1 heterocycles. The summed E-state index contributed by atoms with van der Waals surface area (Å²) in [5.41, 5.74) is 6.43. The molecule has 0 atom stereocenters. The molecule has 0 aliphatic heterocycles. The number of carbonyl (C=O) groups excluding carboxylic acids is 1. The van der Waals surface area contributed by atoms with E-state index in [1.165, 1.54) is 17.4 Å². The van der Waals surface area contributed by atoms with Gasteiger partial charge >= 0.3 is 5.91 Å². The van der Waals surface area contributed by atoms with Gasteiger partial charge < -0.3 is 9.32 Å². The number of benzene rings is 1. The number of anilines is 1. The molecule has 1 amide bonds. The lowest BCUT2D eigenvalue weighted by atomic mass is 10.1. The molecule has 106 valence electrons. The van der Waals surface area contributed by atoms with Crippen LogP contribution in [0.15, 0.2) is 34.9 Å². The zero-order valence-corrected chi connectivity index (χ0v) is 11.9. The van der Waals surface area contributed by atoms with E-state index in [1.54, 1.807) is 6.07 Å². The molecule has 0 fully saturated rings. The van der Waals surface area contributed by atoms with Crippen LogP contribution in [-0.4, -0.2) is 13.0 Å². The Morgan fingerprint density at radius 1 is 1.35 bits per heavy atom. The van der Waals surface area contributed by atoms with Crippen LogP contribution in [0.5, 0.6) is 0 Å². The predicted octanol–water partition coefficient (Wildman–Crippen LogP) is 2.14. The minimum Gasteiger partial charge on any atom is -0.459 e. The molecular weight excluding hydrogens is 254 g/mol. The van der Waals surface area contributed by atoms with Crippen molar-refractivity contribution in [2.24, 2.45) is 5.84 Å². The number of nitrogens with two attached hydrogens (primary N) is 1. The number of nitrogens with one attached hydrogen (secondary N) is 1. The Morgan fingerprint density at radius 3 is 2.75 bits per heavy atom. The van der Waals surface area contributed by atoms with Gasteiger partial charge in [0.1, 0.15) is 0 Å². The SMILES string of the molecule is Cc1ccc(N(C)Cc2ccoc2C(=O)NN)c(C)c1. The molecule has 5 nitrogen and oxygen atoms in total. The van der Waals surface area contributed by atoms with Crippen LogP contribution in [0.2, 0.25) is 0 Å². The average molecular weight is 273 g/mol. The van der Waals surface area contributed by atoms with Crippen LogP contribution in [0.4, 0.5) is 5.69 Å². The molecule has 20 heavy (non-hydrogen) atoms. The van der Waals surface area contributed by atoms with Crippen molar-refractivity contribution >= 4 is 11.6 Å². The fourth-order valence-electron chi connectivity index (χ4n) is 2.30. The van der Waals surface area contributed by atoms with Gasteiger partial charge in [-0.25, -0.2) is 5.84 Å². The Bertz CT molecular complexity index is 619. The van der Waals surface area contributed by atoms with Crippen LogP contribution in [0.3, 0.4) is 0 Å². The molecule has 1 aromatic carbocycles. The largest absolute Gasteiger partial charge is 0.459 e. The number of hydrazine groups is 1. The third-order valence-corrected chi connectivity index (χ3v) is 3.26. The first kappa shape index (κ1) is 14.1. The minimum absolute atomic E-state index is 0.254. The number of aryl methyl sites for hydroxylation is 2. The highest BCUT2D eigenvalue weighted by atomic mass is 16.3. The quantitative estimate of drug-likeness (QED) is 0.508. The van der Waals surface area contributed by atoms with Gasteiger partial charge in [0, 0.05) is 24.8 Å². The highest BCUT2D eigenvalue weighted by molar-refractivity contribution is 5.92. The van der Waals surface area contributed by atoms with Gasteiger partial charge in [0.15, 0.2) is 5.76 Å². The first-order valence-electron chi connectivity index (χ1n) is 6.38. The molecule has 3 N–H and O–H groups in total. The van der Waals surface area contributed by atoms with Crippen molar-refractivity contribution in [3.05, 3.63) is 53.0 Å². The van der Waals surface area contributed by atoms with Gasteiger partial charge in [0.2, 0.25) is 0 Å². The van der Waals surface area contributed by atoms with Gasteiger partial charge in [0.05, 0.1) is 6.26 Å². The molecule has 0 aliphatic rings. The predicted molar refractivity (Wildman–Crippen MR) is 78.4 cm³/mol. The third kappa shape index (κ3) is 2.83. The van der Waals surface area contributed by atoms with Crippen LogP contribution in [0.25, 0.3) is 0 Å². The zero-order valence-electron chi connectivity index (χ0n) is 11.9. The van der Waals surface area contributed by atoms with Gasteiger partial charge in [0.25, 0.3) is 0 Å². The summed E-state index contributed by atoms with van der Waals surface area (Å²) in [7, 11) is 1.98. The monoisotopic (exact) mass is 273 g/mol. The molecule has 1 aromatic heterocycles. The van der Waals surface area contributed by atoms with Gasteiger partial charge in [-0.3, -0.25) is 10.2 Å². The summed E-state index contributed by atoms with van der Waals surface area (Å²) >= 11 is 0. The van der Waals surface area contributed by atoms with Crippen LogP contribution in [-0.2, 0) is 6.54 Å². The molecule has 2 aromatic rings. The number of rotatable bonds is 4. The lowest BCUT2D eigenvalue weighted by Gasteiger charge is -2.21. The van der Waals surface area contributed by atoms with E-state index in [4.69, 9.17) is 10.3 Å². The summed E-state index contributed by atoms with van der Waals surface area (Å²) in [4.78, 5) is 13.7. The minimum atomic E-state index is -0.418. The molecule has 5 heteroatoms. The molecule has 0 saturated heterocycles. The van der Waals surface area contributed by atoms with Crippen LogP contribution in [0.1, 0.15) is 27.2 Å². The fourth-order valence-corrected chi connectivity index (χ4v) is 2.30. The maximum absolute atomic E-state index is 11.6. The van der Waals surface area contributed by atoms with Crippen molar-refractivity contribution in [2.75, 3.05) is 11.9 Å². The normalized spacial score (nSPS) is 10.4. The average Bonchev–Trinajstić information content (AvgIpc) is 2.85. The van der Waals surface area contributed by atoms with E-state index in [1.807, 2.05) is 7.05 Å². The lowest BCUT2D eigenvalue weighted by molar-refractivity contribution is 0.0924. The Morgan fingerprint density at radius 2 is 2.10 bits per heavy atom. The van der Waals surface area contributed by atoms with Crippen molar-refractivity contribution in [2.45, 2.75) is 20.4 Å². The molecule has 2 rings (SSSR count). The number of amides is 1. The second kappa shape index (κ2) is 5.79. The summed E-state index contributed by atoms with van der Waals surface area (Å²) in [5, 5.41) is 0. The molecule has 0 aliphatic carbocycles.